The maximum atomic E-state index is 12.7. The lowest BCUT2D eigenvalue weighted by Crippen LogP contribution is -2.63. The molecule has 1 atom stereocenters. The molecule has 140 valence electrons. The van der Waals surface area contributed by atoms with Crippen LogP contribution in [0.15, 0.2) is 54.6 Å². The monoisotopic (exact) mass is 364 g/mol. The molecule has 27 heavy (non-hydrogen) atoms. The molecule has 0 radical (unpaired) electrons. The number of urea groups is 1. The number of imide groups is 1. The van der Waals surface area contributed by atoms with Crippen molar-refractivity contribution in [3.8, 4) is 0 Å². The van der Waals surface area contributed by atoms with E-state index in [1.54, 1.807) is 0 Å². The van der Waals surface area contributed by atoms with Crippen molar-refractivity contribution in [3.63, 3.8) is 0 Å². The van der Waals surface area contributed by atoms with Crippen LogP contribution in [0.5, 0.6) is 0 Å². The molecule has 2 heterocycles. The Morgan fingerprint density at radius 1 is 0.889 bits per heavy atom. The van der Waals surface area contributed by atoms with Crippen LogP contribution in [0, 0.1) is 6.92 Å². The summed E-state index contributed by atoms with van der Waals surface area (Å²) in [6, 6.07) is 17.5. The summed E-state index contributed by atoms with van der Waals surface area (Å²) < 4.78 is 0. The van der Waals surface area contributed by atoms with E-state index < -0.39 is 0 Å². The second kappa shape index (κ2) is 7.40. The minimum absolute atomic E-state index is 0.150. The Kier molecular flexibility index (Phi) is 4.81. The summed E-state index contributed by atoms with van der Waals surface area (Å²) in [6.45, 7) is 5.30. The predicted molar refractivity (Wildman–Crippen MR) is 106 cm³/mol. The Bertz CT molecular complexity index is 813. The van der Waals surface area contributed by atoms with Crippen LogP contribution in [0.4, 0.5) is 16.2 Å². The summed E-state index contributed by atoms with van der Waals surface area (Å²) >= 11 is 0. The Balaban J connectivity index is 1.41. The van der Waals surface area contributed by atoms with Crippen molar-refractivity contribution in [1.82, 2.24) is 10.2 Å². The molecule has 0 aromatic heterocycles. The van der Waals surface area contributed by atoms with Crippen LogP contribution in [0.2, 0.25) is 0 Å². The van der Waals surface area contributed by atoms with Gasteiger partial charge in [0.1, 0.15) is 0 Å². The van der Waals surface area contributed by atoms with Crippen LogP contribution in [-0.4, -0.2) is 49.2 Å². The van der Waals surface area contributed by atoms with Gasteiger partial charge in [-0.1, -0.05) is 36.4 Å². The van der Waals surface area contributed by atoms with Crippen molar-refractivity contribution in [1.29, 1.82) is 0 Å². The van der Waals surface area contributed by atoms with Crippen molar-refractivity contribution in [2.24, 2.45) is 0 Å². The molecular formula is C21H24N4O2. The van der Waals surface area contributed by atoms with Crippen LogP contribution < -0.4 is 15.1 Å². The predicted octanol–water partition coefficient (Wildman–Crippen LogP) is 2.59. The number of anilines is 2. The molecule has 6 heteroatoms. The van der Waals surface area contributed by atoms with Crippen molar-refractivity contribution in [3.05, 3.63) is 60.2 Å². The fraction of sp³-hybridized carbons (Fsp3) is 0.333. The zero-order valence-electron chi connectivity index (χ0n) is 15.5. The number of aryl methyl sites for hydroxylation is 1. The number of hydrogen-bond acceptors (Lipinski definition) is 4. The highest BCUT2D eigenvalue weighted by atomic mass is 16.2. The van der Waals surface area contributed by atoms with E-state index in [9.17, 15) is 9.59 Å². The third-order valence-corrected chi connectivity index (χ3v) is 5.34. The average Bonchev–Trinajstić information content (AvgIpc) is 2.70. The number of carbonyl (C=O) groups is 2. The van der Waals surface area contributed by atoms with Gasteiger partial charge in [-0.05, 0) is 30.7 Å². The van der Waals surface area contributed by atoms with Gasteiger partial charge in [0.05, 0.1) is 18.3 Å². The van der Waals surface area contributed by atoms with Crippen molar-refractivity contribution < 1.29 is 9.59 Å². The lowest BCUT2D eigenvalue weighted by atomic mass is 10.1. The first-order valence-electron chi connectivity index (χ1n) is 9.36. The number of rotatable bonds is 3. The van der Waals surface area contributed by atoms with Gasteiger partial charge in [0.2, 0.25) is 5.91 Å². The van der Waals surface area contributed by atoms with Crippen LogP contribution in [0.1, 0.15) is 12.0 Å². The Morgan fingerprint density at radius 2 is 1.56 bits per heavy atom. The second-order valence-electron chi connectivity index (χ2n) is 7.04. The molecule has 6 nitrogen and oxygen atoms in total. The molecule has 0 bridgehead atoms. The molecule has 3 amide bonds. The van der Waals surface area contributed by atoms with E-state index in [1.807, 2.05) is 49.4 Å². The average molecular weight is 364 g/mol. The molecule has 2 saturated heterocycles. The first-order valence-corrected chi connectivity index (χ1v) is 9.36. The molecule has 0 saturated carbocycles. The zero-order chi connectivity index (χ0) is 18.8. The Morgan fingerprint density at radius 3 is 2.22 bits per heavy atom. The Hall–Kier alpha value is -2.86. The number of carbonyl (C=O) groups excluding carboxylic acids is 2. The second-order valence-corrected chi connectivity index (χ2v) is 7.04. The van der Waals surface area contributed by atoms with Gasteiger partial charge in [-0.25, -0.2) is 9.69 Å². The molecular weight excluding hydrogens is 340 g/mol. The molecule has 2 aromatic carbocycles. The normalized spacial score (nSPS) is 21.3. The topological polar surface area (TPSA) is 55.9 Å². The third-order valence-electron chi connectivity index (χ3n) is 5.34. The number of nitrogens with one attached hydrogen (secondary N) is 1. The lowest BCUT2D eigenvalue weighted by Gasteiger charge is -2.42. The summed E-state index contributed by atoms with van der Waals surface area (Å²) in [6.07, 6.45) is 0.0639. The fourth-order valence-corrected chi connectivity index (χ4v) is 3.84. The maximum Gasteiger partial charge on any atom is 0.330 e. The summed E-state index contributed by atoms with van der Waals surface area (Å²) in [7, 11) is 0. The molecule has 2 fully saturated rings. The van der Waals surface area contributed by atoms with Gasteiger partial charge < -0.3 is 10.2 Å². The van der Waals surface area contributed by atoms with Gasteiger partial charge in [0, 0.05) is 31.9 Å². The van der Waals surface area contributed by atoms with Crippen molar-refractivity contribution in [2.75, 3.05) is 36.0 Å². The van der Waals surface area contributed by atoms with E-state index in [4.69, 9.17) is 0 Å². The van der Waals surface area contributed by atoms with E-state index in [-0.39, 0.29) is 18.1 Å². The molecule has 0 spiro atoms. The highest BCUT2D eigenvalue weighted by molar-refractivity contribution is 6.16. The highest BCUT2D eigenvalue weighted by Gasteiger charge is 2.37. The number of nitrogens with zero attached hydrogens (tertiary/aromatic N) is 3. The minimum atomic E-state index is -0.337. The first kappa shape index (κ1) is 17.5. The third kappa shape index (κ3) is 3.53. The molecule has 4 rings (SSSR count). The van der Waals surface area contributed by atoms with E-state index in [1.165, 1.54) is 10.6 Å². The van der Waals surface area contributed by atoms with Gasteiger partial charge >= 0.3 is 6.03 Å². The molecule has 1 unspecified atom stereocenters. The standard InChI is InChI=1S/C21H24N4O2/c1-16-7-5-6-10-18(16)25-20(26)15-19(22-21(25)27)24-13-11-23(12-14-24)17-8-3-2-4-9-17/h2-10,19H,11-15H2,1H3,(H,22,27). The number of benzene rings is 2. The Labute approximate surface area is 159 Å². The van der Waals surface area contributed by atoms with E-state index in [2.05, 4.69) is 27.2 Å². The summed E-state index contributed by atoms with van der Waals surface area (Å²) in [4.78, 5) is 31.2. The van der Waals surface area contributed by atoms with Crippen LogP contribution in [0.3, 0.4) is 0 Å². The van der Waals surface area contributed by atoms with Gasteiger partial charge in [-0.2, -0.15) is 0 Å². The van der Waals surface area contributed by atoms with E-state index >= 15 is 0 Å². The van der Waals surface area contributed by atoms with E-state index in [0.717, 1.165) is 31.7 Å². The highest BCUT2D eigenvalue weighted by Crippen LogP contribution is 2.25. The number of para-hydroxylation sites is 2. The van der Waals surface area contributed by atoms with Gasteiger partial charge in [-0.15, -0.1) is 0 Å². The van der Waals surface area contributed by atoms with Gasteiger partial charge in [0.15, 0.2) is 0 Å². The fourth-order valence-electron chi connectivity index (χ4n) is 3.84. The molecule has 2 aromatic rings. The quantitative estimate of drug-likeness (QED) is 0.910. The molecule has 2 aliphatic rings. The smallest absolute Gasteiger partial charge is 0.330 e. The van der Waals surface area contributed by atoms with E-state index in [0.29, 0.717) is 12.1 Å². The van der Waals surface area contributed by atoms with Crippen molar-refractivity contribution in [2.45, 2.75) is 19.5 Å². The minimum Gasteiger partial charge on any atom is -0.369 e. The summed E-state index contributed by atoms with van der Waals surface area (Å²) in [5.41, 5.74) is 2.79. The summed E-state index contributed by atoms with van der Waals surface area (Å²) in [5.74, 6) is -0.150. The van der Waals surface area contributed by atoms with Gasteiger partial charge in [0.25, 0.3) is 0 Å². The zero-order valence-corrected chi connectivity index (χ0v) is 15.5. The van der Waals surface area contributed by atoms with Crippen LogP contribution in [-0.2, 0) is 4.79 Å². The first-order chi connectivity index (χ1) is 13.1. The largest absolute Gasteiger partial charge is 0.369 e. The van der Waals surface area contributed by atoms with Gasteiger partial charge in [-0.3, -0.25) is 9.69 Å². The SMILES string of the molecule is Cc1ccccc1N1C(=O)CC(N2CCN(c3ccccc3)CC2)NC1=O. The van der Waals surface area contributed by atoms with Crippen molar-refractivity contribution >= 4 is 23.3 Å². The van der Waals surface area contributed by atoms with Crippen LogP contribution in [0.25, 0.3) is 0 Å². The molecule has 0 aliphatic carbocycles. The summed E-state index contributed by atoms with van der Waals surface area (Å²) in [5, 5.41) is 3.02. The number of piperazine rings is 1. The molecule has 1 N–H and O–H groups in total. The maximum absolute atomic E-state index is 12.7. The lowest BCUT2D eigenvalue weighted by molar-refractivity contribution is -0.120. The molecule has 2 aliphatic heterocycles. The van der Waals surface area contributed by atoms with Crippen LogP contribution >= 0.6 is 0 Å². The number of hydrogen-bond donors (Lipinski definition) is 1. The number of amides is 3.